The van der Waals surface area contributed by atoms with Crippen LogP contribution in [0.2, 0.25) is 0 Å². The molecule has 1 aliphatic carbocycles. The van der Waals surface area contributed by atoms with E-state index in [1.165, 1.54) is 12.8 Å². The minimum absolute atomic E-state index is 0.144. The highest BCUT2D eigenvalue weighted by Crippen LogP contribution is 2.27. The van der Waals surface area contributed by atoms with Crippen molar-refractivity contribution in [2.45, 2.75) is 51.4 Å². The number of carbonyl (C=O) groups is 2. The van der Waals surface area contributed by atoms with Crippen molar-refractivity contribution in [3.63, 3.8) is 0 Å². The van der Waals surface area contributed by atoms with Gasteiger partial charge in [0, 0.05) is 19.4 Å². The van der Waals surface area contributed by atoms with Gasteiger partial charge in [-0.3, -0.25) is 9.59 Å². The molecule has 0 atom stereocenters. The van der Waals surface area contributed by atoms with E-state index in [4.69, 9.17) is 5.11 Å². The number of carboxylic acid groups (broad SMARTS) is 1. The van der Waals surface area contributed by atoms with Crippen molar-refractivity contribution in [2.24, 2.45) is 5.92 Å². The smallest absolute Gasteiger partial charge is 0.303 e. The van der Waals surface area contributed by atoms with E-state index in [-0.39, 0.29) is 12.3 Å². The second-order valence-corrected chi connectivity index (χ2v) is 4.56. The van der Waals surface area contributed by atoms with Crippen LogP contribution in [0.4, 0.5) is 0 Å². The Morgan fingerprint density at radius 2 is 1.69 bits per heavy atom. The number of carbonyl (C=O) groups excluding carboxylic acids is 1. The van der Waals surface area contributed by atoms with E-state index in [1.807, 2.05) is 0 Å². The minimum Gasteiger partial charge on any atom is -0.481 e. The summed E-state index contributed by atoms with van der Waals surface area (Å²) in [5, 5.41) is 11.3. The van der Waals surface area contributed by atoms with Crippen LogP contribution in [0.1, 0.15) is 51.4 Å². The zero-order valence-corrected chi connectivity index (χ0v) is 9.71. The van der Waals surface area contributed by atoms with Crippen LogP contribution in [-0.2, 0) is 9.59 Å². The van der Waals surface area contributed by atoms with E-state index in [0.717, 1.165) is 38.1 Å². The van der Waals surface area contributed by atoms with Crippen LogP contribution in [0.3, 0.4) is 0 Å². The summed E-state index contributed by atoms with van der Waals surface area (Å²) >= 11 is 0. The fraction of sp³-hybridized carbons (Fsp3) is 0.833. The number of hydrogen-bond donors (Lipinski definition) is 2. The van der Waals surface area contributed by atoms with Crippen molar-refractivity contribution in [3.05, 3.63) is 0 Å². The fourth-order valence-corrected chi connectivity index (χ4v) is 1.58. The van der Waals surface area contributed by atoms with Crippen molar-refractivity contribution in [1.82, 2.24) is 5.32 Å². The lowest BCUT2D eigenvalue weighted by Gasteiger charge is -2.03. The van der Waals surface area contributed by atoms with Crippen LogP contribution in [-0.4, -0.2) is 23.5 Å². The normalized spacial score (nSPS) is 14.8. The highest BCUT2D eigenvalue weighted by molar-refractivity contribution is 5.75. The molecule has 4 heteroatoms. The molecular formula is C12H21NO3. The lowest BCUT2D eigenvalue weighted by atomic mass is 10.1. The van der Waals surface area contributed by atoms with E-state index in [0.29, 0.717) is 6.42 Å². The van der Waals surface area contributed by atoms with Gasteiger partial charge in [0.05, 0.1) is 0 Å². The van der Waals surface area contributed by atoms with Gasteiger partial charge in [0.1, 0.15) is 0 Å². The summed E-state index contributed by atoms with van der Waals surface area (Å²) in [6.45, 7) is 0.845. The van der Waals surface area contributed by atoms with Crippen molar-refractivity contribution < 1.29 is 14.7 Å². The molecule has 0 unspecified atom stereocenters. The van der Waals surface area contributed by atoms with E-state index in [9.17, 15) is 9.59 Å². The summed E-state index contributed by atoms with van der Waals surface area (Å²) in [7, 11) is 0. The molecule has 0 heterocycles. The summed E-state index contributed by atoms with van der Waals surface area (Å²) < 4.78 is 0. The van der Waals surface area contributed by atoms with Gasteiger partial charge in [-0.15, -0.1) is 0 Å². The van der Waals surface area contributed by atoms with Crippen molar-refractivity contribution >= 4 is 11.9 Å². The standard InChI is InChI=1S/C12H21NO3/c14-11(13-9-10-7-8-10)5-3-1-2-4-6-12(15)16/h10H,1-9H2,(H,13,14)(H,15,16). The summed E-state index contributed by atoms with van der Waals surface area (Å²) in [6, 6.07) is 0. The second kappa shape index (κ2) is 7.25. The van der Waals surface area contributed by atoms with E-state index in [1.54, 1.807) is 0 Å². The Bertz CT molecular complexity index is 236. The fourth-order valence-electron chi connectivity index (χ4n) is 1.58. The molecule has 92 valence electrons. The number of nitrogens with one attached hydrogen (secondary N) is 1. The molecule has 2 N–H and O–H groups in total. The zero-order chi connectivity index (χ0) is 11.8. The van der Waals surface area contributed by atoms with Gasteiger partial charge in [-0.1, -0.05) is 12.8 Å². The van der Waals surface area contributed by atoms with Crippen LogP contribution in [0.25, 0.3) is 0 Å². The Hall–Kier alpha value is -1.06. The summed E-state index contributed by atoms with van der Waals surface area (Å²) in [5.41, 5.74) is 0. The number of amides is 1. The zero-order valence-electron chi connectivity index (χ0n) is 9.71. The molecule has 0 aromatic carbocycles. The largest absolute Gasteiger partial charge is 0.481 e. The maximum Gasteiger partial charge on any atom is 0.303 e. The van der Waals surface area contributed by atoms with Crippen molar-refractivity contribution in [1.29, 1.82) is 0 Å². The lowest BCUT2D eigenvalue weighted by Crippen LogP contribution is -2.25. The predicted octanol–water partition coefficient (Wildman–Crippen LogP) is 1.94. The van der Waals surface area contributed by atoms with Crippen LogP contribution in [0, 0.1) is 5.92 Å². The van der Waals surface area contributed by atoms with E-state index in [2.05, 4.69) is 5.32 Å². The predicted molar refractivity (Wildman–Crippen MR) is 61.1 cm³/mol. The molecule has 1 fully saturated rings. The molecule has 4 nitrogen and oxygen atoms in total. The third-order valence-corrected chi connectivity index (χ3v) is 2.83. The lowest BCUT2D eigenvalue weighted by molar-refractivity contribution is -0.137. The number of unbranched alkanes of at least 4 members (excludes halogenated alkanes) is 3. The van der Waals surface area contributed by atoms with Crippen LogP contribution < -0.4 is 5.32 Å². The third-order valence-electron chi connectivity index (χ3n) is 2.83. The van der Waals surface area contributed by atoms with Gasteiger partial charge in [-0.25, -0.2) is 0 Å². The van der Waals surface area contributed by atoms with Crippen LogP contribution in [0.5, 0.6) is 0 Å². The average molecular weight is 227 g/mol. The Morgan fingerprint density at radius 1 is 1.06 bits per heavy atom. The number of aliphatic carboxylic acids is 1. The van der Waals surface area contributed by atoms with Gasteiger partial charge in [0.25, 0.3) is 0 Å². The topological polar surface area (TPSA) is 66.4 Å². The number of carboxylic acids is 1. The molecule has 1 aliphatic rings. The molecule has 1 rings (SSSR count). The van der Waals surface area contributed by atoms with E-state index >= 15 is 0 Å². The molecular weight excluding hydrogens is 206 g/mol. The average Bonchev–Trinajstić information content (AvgIpc) is 3.03. The van der Waals surface area contributed by atoms with Gasteiger partial charge in [-0.2, -0.15) is 0 Å². The number of hydrogen-bond acceptors (Lipinski definition) is 2. The Balaban J connectivity index is 1.82. The maximum absolute atomic E-state index is 11.3. The Morgan fingerprint density at radius 3 is 2.25 bits per heavy atom. The molecule has 0 aliphatic heterocycles. The molecule has 1 amide bonds. The first-order valence-electron chi connectivity index (χ1n) is 6.17. The monoisotopic (exact) mass is 227 g/mol. The summed E-state index contributed by atoms with van der Waals surface area (Å²) in [6.07, 6.45) is 6.79. The van der Waals surface area contributed by atoms with Crippen molar-refractivity contribution in [2.75, 3.05) is 6.54 Å². The molecule has 16 heavy (non-hydrogen) atoms. The Kier molecular flexibility index (Phi) is 5.90. The summed E-state index contributed by atoms with van der Waals surface area (Å²) in [4.78, 5) is 21.5. The maximum atomic E-state index is 11.3. The number of rotatable bonds is 9. The quantitative estimate of drug-likeness (QED) is 0.591. The van der Waals surface area contributed by atoms with Gasteiger partial charge < -0.3 is 10.4 Å². The first-order chi connectivity index (χ1) is 7.68. The second-order valence-electron chi connectivity index (χ2n) is 4.56. The molecule has 1 saturated carbocycles. The first-order valence-corrected chi connectivity index (χ1v) is 6.17. The molecule has 0 aromatic rings. The van der Waals surface area contributed by atoms with Crippen LogP contribution in [0.15, 0.2) is 0 Å². The molecule has 0 aromatic heterocycles. The molecule has 0 spiro atoms. The highest BCUT2D eigenvalue weighted by atomic mass is 16.4. The van der Waals surface area contributed by atoms with Gasteiger partial charge in [0.15, 0.2) is 0 Å². The highest BCUT2D eigenvalue weighted by Gasteiger charge is 2.21. The molecule has 0 radical (unpaired) electrons. The van der Waals surface area contributed by atoms with Gasteiger partial charge in [-0.05, 0) is 31.6 Å². The Labute approximate surface area is 96.4 Å². The van der Waals surface area contributed by atoms with E-state index < -0.39 is 5.97 Å². The third kappa shape index (κ3) is 7.26. The molecule has 0 bridgehead atoms. The van der Waals surface area contributed by atoms with Gasteiger partial charge in [0.2, 0.25) is 5.91 Å². The van der Waals surface area contributed by atoms with Crippen LogP contribution >= 0.6 is 0 Å². The SMILES string of the molecule is O=C(O)CCCCCCC(=O)NCC1CC1. The summed E-state index contributed by atoms with van der Waals surface area (Å²) in [5.74, 6) is 0.145. The van der Waals surface area contributed by atoms with Crippen molar-refractivity contribution in [3.8, 4) is 0 Å². The molecule has 0 saturated heterocycles. The van der Waals surface area contributed by atoms with Gasteiger partial charge >= 0.3 is 5.97 Å². The first kappa shape index (κ1) is 13.0. The minimum atomic E-state index is -0.734.